The number of carboxylic acid groups (broad SMARTS) is 1. The Morgan fingerprint density at radius 3 is 1.60 bits per heavy atom. The SMILES string of the molecule is CCCCCCCCCC(C)(CCCCC)C(=O)[O-].[Na+]. The Balaban J connectivity index is 0. The Labute approximate surface area is 148 Å². The van der Waals surface area contributed by atoms with E-state index in [0.717, 1.165) is 38.5 Å². The summed E-state index contributed by atoms with van der Waals surface area (Å²) in [5, 5.41) is 11.3. The number of rotatable bonds is 13. The van der Waals surface area contributed by atoms with Gasteiger partial charge in [-0.2, -0.15) is 0 Å². The molecule has 0 amide bonds. The molecule has 0 aliphatic heterocycles. The molecule has 2 nitrogen and oxygen atoms in total. The van der Waals surface area contributed by atoms with Crippen LogP contribution in [0.4, 0.5) is 0 Å². The second-order valence-electron chi connectivity index (χ2n) is 6.18. The van der Waals surface area contributed by atoms with Crippen LogP contribution in [0.2, 0.25) is 0 Å². The van der Waals surface area contributed by atoms with E-state index in [4.69, 9.17) is 0 Å². The standard InChI is InChI=1S/C17H34O2.Na/c1-4-6-8-9-10-11-13-15-17(3,16(18)19)14-12-7-5-2;/h4-15H2,1-3H3,(H,18,19);/q;+1/p-1. The van der Waals surface area contributed by atoms with Gasteiger partial charge in [0, 0.05) is 11.4 Å². The number of aliphatic carboxylic acids is 1. The van der Waals surface area contributed by atoms with E-state index in [9.17, 15) is 9.90 Å². The summed E-state index contributed by atoms with van der Waals surface area (Å²) < 4.78 is 0. The fourth-order valence-electron chi connectivity index (χ4n) is 2.57. The van der Waals surface area contributed by atoms with Crippen LogP contribution in [0, 0.1) is 5.41 Å². The maximum absolute atomic E-state index is 11.3. The molecule has 114 valence electrons. The average Bonchev–Trinajstić information content (AvgIpc) is 2.38. The van der Waals surface area contributed by atoms with Gasteiger partial charge in [-0.05, 0) is 12.8 Å². The zero-order chi connectivity index (χ0) is 14.6. The third kappa shape index (κ3) is 11.2. The smallest absolute Gasteiger partial charge is 0.550 e. The second kappa shape index (κ2) is 14.4. The first-order valence-electron chi connectivity index (χ1n) is 8.28. The van der Waals surface area contributed by atoms with Gasteiger partial charge < -0.3 is 9.90 Å². The first-order chi connectivity index (χ1) is 9.06. The van der Waals surface area contributed by atoms with Crippen molar-refractivity contribution in [3.05, 3.63) is 0 Å². The summed E-state index contributed by atoms with van der Waals surface area (Å²) in [5.74, 6) is -0.852. The van der Waals surface area contributed by atoms with E-state index in [1.54, 1.807) is 0 Å². The molecule has 0 bridgehead atoms. The maximum atomic E-state index is 11.3. The molecule has 0 fully saturated rings. The van der Waals surface area contributed by atoms with Crippen molar-refractivity contribution in [1.29, 1.82) is 0 Å². The zero-order valence-electron chi connectivity index (χ0n) is 14.3. The summed E-state index contributed by atoms with van der Waals surface area (Å²) in [6.45, 7) is 6.24. The van der Waals surface area contributed by atoms with Crippen molar-refractivity contribution in [2.24, 2.45) is 5.41 Å². The Hall–Kier alpha value is 0.470. The molecule has 0 radical (unpaired) electrons. The summed E-state index contributed by atoms with van der Waals surface area (Å²) in [4.78, 5) is 11.3. The van der Waals surface area contributed by atoms with Crippen molar-refractivity contribution in [3.8, 4) is 0 Å². The second-order valence-corrected chi connectivity index (χ2v) is 6.18. The molecular weight excluding hydrogens is 259 g/mol. The quantitative estimate of drug-likeness (QED) is 0.381. The van der Waals surface area contributed by atoms with Gasteiger partial charge in [-0.3, -0.25) is 0 Å². The van der Waals surface area contributed by atoms with Crippen LogP contribution in [0.1, 0.15) is 97.8 Å². The van der Waals surface area contributed by atoms with Gasteiger partial charge in [0.05, 0.1) is 0 Å². The van der Waals surface area contributed by atoms with Gasteiger partial charge in [0.15, 0.2) is 0 Å². The van der Waals surface area contributed by atoms with Crippen LogP contribution in [0.25, 0.3) is 0 Å². The van der Waals surface area contributed by atoms with Crippen molar-refractivity contribution >= 4 is 5.97 Å². The molecule has 1 atom stereocenters. The third-order valence-electron chi connectivity index (χ3n) is 4.16. The molecule has 1 unspecified atom stereocenters. The normalized spacial score (nSPS) is 13.6. The Bertz CT molecular complexity index is 231. The van der Waals surface area contributed by atoms with Crippen molar-refractivity contribution in [2.75, 3.05) is 0 Å². The number of carbonyl (C=O) groups is 1. The minimum Gasteiger partial charge on any atom is -0.550 e. The Morgan fingerprint density at radius 2 is 1.15 bits per heavy atom. The van der Waals surface area contributed by atoms with E-state index in [0.29, 0.717) is 0 Å². The molecule has 0 aromatic carbocycles. The molecule has 0 rings (SSSR count). The molecule has 0 N–H and O–H groups in total. The predicted molar refractivity (Wildman–Crippen MR) is 79.9 cm³/mol. The first-order valence-corrected chi connectivity index (χ1v) is 8.28. The van der Waals surface area contributed by atoms with Gasteiger partial charge in [-0.25, -0.2) is 0 Å². The van der Waals surface area contributed by atoms with Gasteiger partial charge in [0.2, 0.25) is 0 Å². The summed E-state index contributed by atoms with van der Waals surface area (Å²) in [6.07, 6.45) is 13.5. The summed E-state index contributed by atoms with van der Waals surface area (Å²) in [5.41, 5.74) is -0.599. The third-order valence-corrected chi connectivity index (χ3v) is 4.16. The number of carboxylic acids is 1. The molecular formula is C17H33NaO2. The fraction of sp³-hybridized carbons (Fsp3) is 0.941. The molecule has 3 heteroatoms. The van der Waals surface area contributed by atoms with E-state index in [1.807, 2.05) is 6.92 Å². The number of hydrogen-bond donors (Lipinski definition) is 0. The maximum Gasteiger partial charge on any atom is 1.00 e. The predicted octanol–water partition coefficient (Wildman–Crippen LogP) is 1.47. The van der Waals surface area contributed by atoms with Crippen LogP contribution in [-0.2, 0) is 4.79 Å². The molecule has 0 aromatic heterocycles. The van der Waals surface area contributed by atoms with Crippen LogP contribution < -0.4 is 34.7 Å². The summed E-state index contributed by atoms with van der Waals surface area (Å²) >= 11 is 0. The average molecular weight is 292 g/mol. The Morgan fingerprint density at radius 1 is 0.800 bits per heavy atom. The minimum atomic E-state index is -0.852. The Kier molecular flexibility index (Phi) is 16.4. The van der Waals surface area contributed by atoms with Gasteiger partial charge >= 0.3 is 29.6 Å². The van der Waals surface area contributed by atoms with Crippen molar-refractivity contribution in [1.82, 2.24) is 0 Å². The number of hydrogen-bond acceptors (Lipinski definition) is 2. The fourth-order valence-corrected chi connectivity index (χ4v) is 2.57. The first kappa shape index (κ1) is 22.7. The number of carbonyl (C=O) groups excluding carboxylic acids is 1. The van der Waals surface area contributed by atoms with Crippen LogP contribution in [0.5, 0.6) is 0 Å². The molecule has 0 heterocycles. The van der Waals surface area contributed by atoms with Crippen LogP contribution in [0.15, 0.2) is 0 Å². The van der Waals surface area contributed by atoms with Crippen molar-refractivity contribution in [2.45, 2.75) is 97.8 Å². The molecule has 0 saturated heterocycles. The summed E-state index contributed by atoms with van der Waals surface area (Å²) in [6, 6.07) is 0. The van der Waals surface area contributed by atoms with Gasteiger partial charge in [0.1, 0.15) is 0 Å². The van der Waals surface area contributed by atoms with Gasteiger partial charge in [0.25, 0.3) is 0 Å². The van der Waals surface area contributed by atoms with Crippen LogP contribution in [-0.4, -0.2) is 5.97 Å². The molecule has 0 aliphatic carbocycles. The van der Waals surface area contributed by atoms with Crippen molar-refractivity contribution in [3.63, 3.8) is 0 Å². The molecule has 0 aliphatic rings. The molecule has 20 heavy (non-hydrogen) atoms. The number of unbranched alkanes of at least 4 members (excludes halogenated alkanes) is 8. The monoisotopic (exact) mass is 292 g/mol. The van der Waals surface area contributed by atoms with Crippen LogP contribution in [0.3, 0.4) is 0 Å². The van der Waals surface area contributed by atoms with Crippen LogP contribution >= 0.6 is 0 Å². The zero-order valence-corrected chi connectivity index (χ0v) is 16.3. The molecule has 0 saturated carbocycles. The van der Waals surface area contributed by atoms with E-state index in [-0.39, 0.29) is 29.6 Å². The largest absolute Gasteiger partial charge is 1.00 e. The van der Waals surface area contributed by atoms with E-state index in [1.165, 1.54) is 38.5 Å². The van der Waals surface area contributed by atoms with Gasteiger partial charge in [-0.1, -0.05) is 85.0 Å². The molecule has 0 aromatic rings. The van der Waals surface area contributed by atoms with Crippen molar-refractivity contribution < 1.29 is 39.5 Å². The summed E-state index contributed by atoms with van der Waals surface area (Å²) in [7, 11) is 0. The topological polar surface area (TPSA) is 40.1 Å². The van der Waals surface area contributed by atoms with Gasteiger partial charge in [-0.15, -0.1) is 0 Å². The van der Waals surface area contributed by atoms with E-state index in [2.05, 4.69) is 13.8 Å². The van der Waals surface area contributed by atoms with E-state index >= 15 is 0 Å². The van der Waals surface area contributed by atoms with E-state index < -0.39 is 11.4 Å². The minimum absolute atomic E-state index is 0. The molecule has 0 spiro atoms.